The molecule has 0 aromatic heterocycles. The summed E-state index contributed by atoms with van der Waals surface area (Å²) in [6, 6.07) is 15.1. The molecule has 7 heteroatoms. The summed E-state index contributed by atoms with van der Waals surface area (Å²) < 4.78 is 15.9. The number of hydrogen-bond donors (Lipinski definition) is 1. The lowest BCUT2D eigenvalue weighted by Crippen LogP contribution is -2.36. The van der Waals surface area contributed by atoms with Gasteiger partial charge in [0.15, 0.2) is 17.6 Å². The van der Waals surface area contributed by atoms with Crippen LogP contribution in [0.15, 0.2) is 53.4 Å². The van der Waals surface area contributed by atoms with E-state index in [0.29, 0.717) is 18.0 Å². The Morgan fingerprint density at radius 3 is 2.63 bits per heavy atom. The van der Waals surface area contributed by atoms with Crippen molar-refractivity contribution in [2.45, 2.75) is 36.6 Å². The van der Waals surface area contributed by atoms with Gasteiger partial charge in [0.05, 0.1) is 0 Å². The summed E-state index contributed by atoms with van der Waals surface area (Å²) in [6.45, 7) is 3.84. The van der Waals surface area contributed by atoms with E-state index in [1.165, 1.54) is 11.8 Å². The topological polar surface area (TPSA) is 73.9 Å². The molecule has 1 aliphatic heterocycles. The first-order chi connectivity index (χ1) is 13.0. The Bertz CT molecular complexity index is 811. The smallest absolute Gasteiger partial charge is 0.319 e. The Morgan fingerprint density at radius 2 is 1.85 bits per heavy atom. The summed E-state index contributed by atoms with van der Waals surface area (Å²) in [5.74, 6) is 0.581. The molecule has 0 saturated heterocycles. The van der Waals surface area contributed by atoms with E-state index in [4.69, 9.17) is 14.2 Å². The van der Waals surface area contributed by atoms with Crippen molar-refractivity contribution in [2.24, 2.45) is 0 Å². The normalized spacial score (nSPS) is 14.3. The second kappa shape index (κ2) is 8.81. The number of amides is 1. The average molecular weight is 387 g/mol. The summed E-state index contributed by atoms with van der Waals surface area (Å²) >= 11 is 1.39. The van der Waals surface area contributed by atoms with Crippen molar-refractivity contribution in [1.82, 2.24) is 5.32 Å². The quantitative estimate of drug-likeness (QED) is 0.581. The number of thioether (sulfide) groups is 1. The zero-order valence-corrected chi connectivity index (χ0v) is 16.0. The van der Waals surface area contributed by atoms with Crippen LogP contribution >= 0.6 is 11.8 Å². The molecular formula is C20H21NO5S. The molecule has 6 nitrogen and oxygen atoms in total. The number of ether oxygens (including phenoxy) is 3. The van der Waals surface area contributed by atoms with E-state index >= 15 is 0 Å². The van der Waals surface area contributed by atoms with Crippen molar-refractivity contribution in [1.29, 1.82) is 0 Å². The van der Waals surface area contributed by atoms with Gasteiger partial charge in [0.25, 0.3) is 5.91 Å². The van der Waals surface area contributed by atoms with Crippen molar-refractivity contribution in [3.05, 3.63) is 54.1 Å². The van der Waals surface area contributed by atoms with Gasteiger partial charge in [-0.3, -0.25) is 9.59 Å². The highest BCUT2D eigenvalue weighted by Gasteiger charge is 2.23. The molecule has 2 atom stereocenters. The van der Waals surface area contributed by atoms with Gasteiger partial charge in [-0.05, 0) is 43.7 Å². The fourth-order valence-corrected chi connectivity index (χ4v) is 3.33. The van der Waals surface area contributed by atoms with E-state index in [1.54, 1.807) is 19.9 Å². The highest BCUT2D eigenvalue weighted by atomic mass is 32.2. The summed E-state index contributed by atoms with van der Waals surface area (Å²) in [7, 11) is 0. The Kier molecular flexibility index (Phi) is 6.24. The second-order valence-electron chi connectivity index (χ2n) is 6.06. The van der Waals surface area contributed by atoms with Crippen molar-refractivity contribution in [3.8, 4) is 11.5 Å². The molecule has 1 aliphatic rings. The molecule has 0 fully saturated rings. The van der Waals surface area contributed by atoms with E-state index in [9.17, 15) is 9.59 Å². The standard InChI is InChI=1S/C20H21NO5S/c1-13(26-20(23)14(2)27-16-6-4-3-5-7-16)19(22)21-11-15-8-9-17-18(10-15)25-12-24-17/h3-10,13-14H,11-12H2,1-2H3,(H,21,22)/t13-,14+/m0/s1. The van der Waals surface area contributed by atoms with Crippen LogP contribution in [0.5, 0.6) is 11.5 Å². The highest BCUT2D eigenvalue weighted by Crippen LogP contribution is 2.32. The number of esters is 1. The maximum absolute atomic E-state index is 12.2. The lowest BCUT2D eigenvalue weighted by molar-refractivity contribution is -0.154. The predicted octanol–water partition coefficient (Wildman–Crippen LogP) is 3.14. The third-order valence-electron chi connectivity index (χ3n) is 3.95. The molecule has 2 aromatic rings. The van der Waals surface area contributed by atoms with Crippen molar-refractivity contribution < 1.29 is 23.8 Å². The minimum absolute atomic E-state index is 0.206. The Morgan fingerprint density at radius 1 is 1.11 bits per heavy atom. The molecule has 0 saturated carbocycles. The van der Waals surface area contributed by atoms with E-state index in [0.717, 1.165) is 10.5 Å². The van der Waals surface area contributed by atoms with Crippen molar-refractivity contribution in [2.75, 3.05) is 6.79 Å². The molecule has 27 heavy (non-hydrogen) atoms. The Labute approximate surface area is 162 Å². The van der Waals surface area contributed by atoms with E-state index in [-0.39, 0.29) is 12.7 Å². The van der Waals surface area contributed by atoms with Crippen LogP contribution in [0.2, 0.25) is 0 Å². The molecular weight excluding hydrogens is 366 g/mol. The fourth-order valence-electron chi connectivity index (χ4n) is 2.46. The fraction of sp³-hybridized carbons (Fsp3) is 0.300. The van der Waals surface area contributed by atoms with Crippen LogP contribution in [0.4, 0.5) is 0 Å². The molecule has 1 heterocycles. The molecule has 3 rings (SSSR count). The van der Waals surface area contributed by atoms with E-state index in [2.05, 4.69) is 5.32 Å². The lowest BCUT2D eigenvalue weighted by Gasteiger charge is -2.16. The van der Waals surface area contributed by atoms with E-state index < -0.39 is 17.3 Å². The summed E-state index contributed by atoms with van der Waals surface area (Å²) in [6.07, 6.45) is -0.870. The van der Waals surface area contributed by atoms with Crippen LogP contribution in [-0.2, 0) is 20.9 Å². The van der Waals surface area contributed by atoms with Gasteiger partial charge in [0.2, 0.25) is 6.79 Å². The molecule has 0 bridgehead atoms. The molecule has 142 valence electrons. The van der Waals surface area contributed by atoms with Crippen LogP contribution in [0, 0.1) is 0 Å². The third-order valence-corrected chi connectivity index (χ3v) is 5.04. The number of nitrogens with one attached hydrogen (secondary N) is 1. The van der Waals surface area contributed by atoms with Gasteiger partial charge in [-0.2, -0.15) is 0 Å². The predicted molar refractivity (Wildman–Crippen MR) is 102 cm³/mol. The van der Waals surface area contributed by atoms with Gasteiger partial charge in [0.1, 0.15) is 5.25 Å². The highest BCUT2D eigenvalue weighted by molar-refractivity contribution is 8.00. The van der Waals surface area contributed by atoms with Crippen LogP contribution in [-0.4, -0.2) is 30.0 Å². The van der Waals surface area contributed by atoms with Gasteiger partial charge in [0, 0.05) is 11.4 Å². The van der Waals surface area contributed by atoms with Crippen molar-refractivity contribution >= 4 is 23.6 Å². The van der Waals surface area contributed by atoms with Gasteiger partial charge in [-0.15, -0.1) is 11.8 Å². The number of hydrogen-bond acceptors (Lipinski definition) is 6. The van der Waals surface area contributed by atoms with Gasteiger partial charge in [-0.25, -0.2) is 0 Å². The van der Waals surface area contributed by atoms with Crippen LogP contribution < -0.4 is 14.8 Å². The lowest BCUT2D eigenvalue weighted by atomic mass is 10.2. The first-order valence-electron chi connectivity index (χ1n) is 8.61. The number of benzene rings is 2. The summed E-state index contributed by atoms with van der Waals surface area (Å²) in [5.41, 5.74) is 0.874. The molecule has 0 unspecified atom stereocenters. The maximum atomic E-state index is 12.2. The Hall–Kier alpha value is -2.67. The molecule has 1 amide bonds. The van der Waals surface area contributed by atoms with Gasteiger partial charge in [-0.1, -0.05) is 24.3 Å². The molecule has 2 aromatic carbocycles. The number of rotatable bonds is 7. The monoisotopic (exact) mass is 387 g/mol. The average Bonchev–Trinajstić information content (AvgIpc) is 3.14. The third kappa shape index (κ3) is 5.17. The van der Waals surface area contributed by atoms with Crippen LogP contribution in [0.25, 0.3) is 0 Å². The largest absolute Gasteiger partial charge is 0.454 e. The molecule has 0 radical (unpaired) electrons. The van der Waals surface area contributed by atoms with Crippen LogP contribution in [0.3, 0.4) is 0 Å². The molecule has 0 aliphatic carbocycles. The first-order valence-corrected chi connectivity index (χ1v) is 9.49. The van der Waals surface area contributed by atoms with Crippen molar-refractivity contribution in [3.63, 3.8) is 0 Å². The molecule has 1 N–H and O–H groups in total. The maximum Gasteiger partial charge on any atom is 0.319 e. The zero-order valence-electron chi connectivity index (χ0n) is 15.1. The minimum atomic E-state index is -0.870. The molecule has 0 spiro atoms. The number of fused-ring (bicyclic) bond motifs is 1. The first kappa shape index (κ1) is 19.1. The second-order valence-corrected chi connectivity index (χ2v) is 7.47. The Balaban J connectivity index is 1.46. The van der Waals surface area contributed by atoms with Gasteiger partial charge >= 0.3 is 5.97 Å². The van der Waals surface area contributed by atoms with Gasteiger partial charge < -0.3 is 19.5 Å². The summed E-state index contributed by atoms with van der Waals surface area (Å²) in [4.78, 5) is 25.4. The van der Waals surface area contributed by atoms with Crippen LogP contribution in [0.1, 0.15) is 19.4 Å². The van der Waals surface area contributed by atoms with E-state index in [1.807, 2.05) is 42.5 Å². The number of carbonyl (C=O) groups excluding carboxylic acids is 2. The zero-order chi connectivity index (χ0) is 19.2. The SMILES string of the molecule is C[C@H](OC(=O)[C@@H](C)Sc1ccccc1)C(=O)NCc1ccc2c(c1)OCO2. The summed E-state index contributed by atoms with van der Waals surface area (Å²) in [5, 5.41) is 2.36. The number of carbonyl (C=O) groups is 2. The minimum Gasteiger partial charge on any atom is -0.454 e.